The summed E-state index contributed by atoms with van der Waals surface area (Å²) in [7, 11) is 0. The highest BCUT2D eigenvalue weighted by Gasteiger charge is 2.35. The van der Waals surface area contributed by atoms with E-state index in [4.69, 9.17) is 4.74 Å². The molecule has 8 nitrogen and oxygen atoms in total. The number of carbonyl (C=O) groups is 4. The predicted molar refractivity (Wildman–Crippen MR) is 99.3 cm³/mol. The van der Waals surface area contributed by atoms with Crippen LogP contribution in [-0.2, 0) is 19.1 Å². The first-order valence-electron chi connectivity index (χ1n) is 8.94. The Labute approximate surface area is 159 Å². The van der Waals surface area contributed by atoms with Crippen LogP contribution >= 0.6 is 0 Å². The van der Waals surface area contributed by atoms with Gasteiger partial charge in [0.05, 0.1) is 12.2 Å². The molecular formula is C19H30N2O6. The van der Waals surface area contributed by atoms with Crippen molar-refractivity contribution in [3.05, 3.63) is 11.6 Å². The van der Waals surface area contributed by atoms with Crippen molar-refractivity contribution in [1.29, 1.82) is 0 Å². The van der Waals surface area contributed by atoms with Crippen LogP contribution in [0, 0.1) is 10.8 Å². The molecule has 0 heterocycles. The van der Waals surface area contributed by atoms with E-state index < -0.39 is 18.1 Å². The molecule has 8 heteroatoms. The molecule has 1 amide bonds. The van der Waals surface area contributed by atoms with E-state index in [9.17, 15) is 24.3 Å². The van der Waals surface area contributed by atoms with Gasteiger partial charge in [-0.3, -0.25) is 9.59 Å². The summed E-state index contributed by atoms with van der Waals surface area (Å²) in [6.07, 6.45) is 1.29. The van der Waals surface area contributed by atoms with E-state index in [1.54, 1.807) is 0 Å². The maximum atomic E-state index is 12.1. The number of rotatable bonds is 7. The highest BCUT2D eigenvalue weighted by molar-refractivity contribution is 6.22. The molecule has 1 atom stereocenters. The Morgan fingerprint density at radius 3 is 2.26 bits per heavy atom. The lowest BCUT2D eigenvalue weighted by molar-refractivity contribution is -0.139. The number of aliphatic carboxylic acids is 1. The van der Waals surface area contributed by atoms with Gasteiger partial charge in [-0.15, -0.1) is 0 Å². The number of ether oxygens (including phenoxy) is 1. The first-order chi connectivity index (χ1) is 12.3. The fourth-order valence-corrected chi connectivity index (χ4v) is 2.57. The quantitative estimate of drug-likeness (QED) is 0.348. The third-order valence-corrected chi connectivity index (χ3v) is 3.90. The van der Waals surface area contributed by atoms with E-state index in [1.165, 1.54) is 6.08 Å². The number of alkyl carbamates (subject to hydrolysis) is 1. The van der Waals surface area contributed by atoms with Crippen LogP contribution in [-0.4, -0.2) is 54.5 Å². The summed E-state index contributed by atoms with van der Waals surface area (Å²) >= 11 is 0. The van der Waals surface area contributed by atoms with E-state index in [1.807, 2.05) is 34.6 Å². The van der Waals surface area contributed by atoms with Crippen molar-refractivity contribution >= 4 is 23.6 Å². The van der Waals surface area contributed by atoms with Crippen LogP contribution in [0.1, 0.15) is 47.5 Å². The van der Waals surface area contributed by atoms with Gasteiger partial charge < -0.3 is 20.5 Å². The average Bonchev–Trinajstić information content (AvgIpc) is 2.48. The molecule has 1 aliphatic rings. The maximum Gasteiger partial charge on any atom is 0.407 e. The molecular weight excluding hydrogens is 352 g/mol. The van der Waals surface area contributed by atoms with E-state index in [0.717, 1.165) is 0 Å². The number of hydrogen-bond acceptors (Lipinski definition) is 6. The molecule has 0 aromatic heterocycles. The number of carboxylic acids is 1. The number of Topliss-reactive ketones (excluding diaryl/α,β-unsaturated/α-hetero) is 2. The summed E-state index contributed by atoms with van der Waals surface area (Å²) in [5.41, 5.74) is -0.398. The monoisotopic (exact) mass is 382 g/mol. The topological polar surface area (TPSA) is 122 Å². The lowest BCUT2D eigenvalue weighted by Crippen LogP contribution is -2.47. The van der Waals surface area contributed by atoms with Crippen LogP contribution in [0.5, 0.6) is 0 Å². The zero-order chi connectivity index (χ0) is 20.8. The molecule has 0 aromatic carbocycles. The number of nitrogens with one attached hydrogen (secondary N) is 2. The van der Waals surface area contributed by atoms with Gasteiger partial charge in [0.2, 0.25) is 0 Å². The lowest BCUT2D eigenvalue weighted by Gasteiger charge is -2.28. The van der Waals surface area contributed by atoms with E-state index >= 15 is 0 Å². The van der Waals surface area contributed by atoms with Crippen LogP contribution in [0.4, 0.5) is 4.79 Å². The number of hydrogen-bond donors (Lipinski definition) is 3. The molecule has 0 bridgehead atoms. The Morgan fingerprint density at radius 1 is 1.22 bits per heavy atom. The molecule has 0 unspecified atom stereocenters. The molecule has 1 fully saturated rings. The number of carbonyl (C=O) groups excluding carboxylic acids is 3. The summed E-state index contributed by atoms with van der Waals surface area (Å²) in [4.78, 5) is 47.1. The largest absolute Gasteiger partial charge is 0.480 e. The average molecular weight is 382 g/mol. The number of amides is 1. The normalized spacial score (nSPS) is 18.0. The second kappa shape index (κ2) is 9.12. The molecule has 1 saturated carbocycles. The summed E-state index contributed by atoms with van der Waals surface area (Å²) < 4.78 is 4.99. The first kappa shape index (κ1) is 22.8. The zero-order valence-electron chi connectivity index (χ0n) is 16.7. The molecule has 1 aliphatic carbocycles. The smallest absolute Gasteiger partial charge is 0.407 e. The van der Waals surface area contributed by atoms with Gasteiger partial charge in [-0.2, -0.15) is 0 Å². The van der Waals surface area contributed by atoms with Gasteiger partial charge in [-0.1, -0.05) is 40.7 Å². The Bertz CT molecular complexity index is 609. The standard InChI is InChI=1S/C19H30N2O6/c1-18(2,3)11-27-17(26)21-13(16(24)25)10-20-7-6-12-14(22)8-19(4,5)9-15(12)23/h6,13,20H,7-11H2,1-5H3,(H,21,26)(H,24,25)/t13-/m0/s1. The zero-order valence-corrected chi connectivity index (χ0v) is 16.7. The van der Waals surface area contributed by atoms with Gasteiger partial charge in [0.25, 0.3) is 0 Å². The number of allylic oxidation sites excluding steroid dienone is 1. The van der Waals surface area contributed by atoms with Crippen molar-refractivity contribution in [2.24, 2.45) is 10.8 Å². The van der Waals surface area contributed by atoms with E-state index in [-0.39, 0.29) is 47.7 Å². The van der Waals surface area contributed by atoms with Crippen molar-refractivity contribution in [2.45, 2.75) is 53.5 Å². The second-order valence-electron chi connectivity index (χ2n) is 8.81. The van der Waals surface area contributed by atoms with Gasteiger partial charge in [-0.05, 0) is 10.8 Å². The van der Waals surface area contributed by atoms with Crippen LogP contribution < -0.4 is 10.6 Å². The lowest BCUT2D eigenvalue weighted by atomic mass is 9.74. The minimum absolute atomic E-state index is 0.0718. The van der Waals surface area contributed by atoms with Gasteiger partial charge in [0.1, 0.15) is 6.04 Å². The van der Waals surface area contributed by atoms with Gasteiger partial charge in [-0.25, -0.2) is 9.59 Å². The molecule has 0 radical (unpaired) electrons. The Hall–Kier alpha value is -2.22. The number of ketones is 2. The third kappa shape index (κ3) is 8.34. The predicted octanol–water partition coefficient (Wildman–Crippen LogP) is 1.69. The van der Waals surface area contributed by atoms with Crippen molar-refractivity contribution in [3.63, 3.8) is 0 Å². The van der Waals surface area contributed by atoms with Gasteiger partial charge in [0, 0.05) is 25.9 Å². The summed E-state index contributed by atoms with van der Waals surface area (Å²) in [5, 5.41) is 14.3. The molecule has 0 aromatic rings. The molecule has 0 saturated heterocycles. The Morgan fingerprint density at radius 2 is 1.78 bits per heavy atom. The number of carboxylic acid groups (broad SMARTS) is 1. The van der Waals surface area contributed by atoms with Gasteiger partial charge >= 0.3 is 12.1 Å². The fourth-order valence-electron chi connectivity index (χ4n) is 2.57. The van der Waals surface area contributed by atoms with E-state index in [2.05, 4.69) is 10.6 Å². The van der Waals surface area contributed by atoms with E-state index in [0.29, 0.717) is 12.8 Å². The molecule has 1 rings (SSSR count). The summed E-state index contributed by atoms with van der Waals surface area (Å²) in [5.74, 6) is -1.61. The highest BCUT2D eigenvalue weighted by Crippen LogP contribution is 2.33. The van der Waals surface area contributed by atoms with Crippen LogP contribution in [0.15, 0.2) is 11.6 Å². The summed E-state index contributed by atoms with van der Waals surface area (Å²) in [6.45, 7) is 9.65. The Kier molecular flexibility index (Phi) is 7.71. The molecule has 27 heavy (non-hydrogen) atoms. The maximum absolute atomic E-state index is 12.1. The minimum atomic E-state index is -1.21. The Balaban J connectivity index is 2.51. The van der Waals surface area contributed by atoms with Crippen LogP contribution in [0.25, 0.3) is 0 Å². The minimum Gasteiger partial charge on any atom is -0.480 e. The molecule has 0 spiro atoms. The third-order valence-electron chi connectivity index (χ3n) is 3.90. The summed E-state index contributed by atoms with van der Waals surface area (Å²) in [6, 6.07) is -1.19. The van der Waals surface area contributed by atoms with Crippen LogP contribution in [0.2, 0.25) is 0 Å². The fraction of sp³-hybridized carbons (Fsp3) is 0.684. The second-order valence-corrected chi connectivity index (χ2v) is 8.81. The van der Waals surface area contributed by atoms with Crippen LogP contribution in [0.3, 0.4) is 0 Å². The molecule has 0 aliphatic heterocycles. The molecule has 3 N–H and O–H groups in total. The van der Waals surface area contributed by atoms with Crippen molar-refractivity contribution < 1.29 is 29.0 Å². The van der Waals surface area contributed by atoms with Crippen molar-refractivity contribution in [3.8, 4) is 0 Å². The van der Waals surface area contributed by atoms with Crippen molar-refractivity contribution in [1.82, 2.24) is 10.6 Å². The molecule has 152 valence electrons. The van der Waals surface area contributed by atoms with Gasteiger partial charge in [0.15, 0.2) is 11.6 Å². The highest BCUT2D eigenvalue weighted by atomic mass is 16.5. The van der Waals surface area contributed by atoms with Crippen molar-refractivity contribution in [2.75, 3.05) is 19.7 Å². The first-order valence-corrected chi connectivity index (χ1v) is 8.94. The SMILES string of the molecule is CC(C)(C)COC(=O)N[C@@H](CNCC=C1C(=O)CC(C)(C)CC1=O)C(=O)O.